The fourth-order valence-electron chi connectivity index (χ4n) is 6.32. The second kappa shape index (κ2) is 10.8. The van der Waals surface area contributed by atoms with E-state index in [0.717, 1.165) is 18.4 Å². The van der Waals surface area contributed by atoms with Crippen LogP contribution >= 0.6 is 0 Å². The van der Waals surface area contributed by atoms with Gasteiger partial charge in [-0.05, 0) is 57.4 Å². The Labute approximate surface area is 227 Å². The van der Waals surface area contributed by atoms with E-state index in [0.29, 0.717) is 12.8 Å². The van der Waals surface area contributed by atoms with Gasteiger partial charge >= 0.3 is 0 Å². The zero-order valence-electron chi connectivity index (χ0n) is 27.6. The highest BCUT2D eigenvalue weighted by Crippen LogP contribution is 2.42. The maximum Gasteiger partial charge on any atom is 0.248 e. The Balaban J connectivity index is 1.36. The van der Waals surface area contributed by atoms with E-state index in [-0.39, 0.29) is 67.8 Å². The molecule has 1 saturated carbocycles. The number of amides is 1. The molecule has 1 aromatic carbocycles. The lowest BCUT2D eigenvalue weighted by atomic mass is 9.86. The van der Waals surface area contributed by atoms with Crippen LogP contribution in [0.3, 0.4) is 0 Å². The predicted octanol–water partition coefficient (Wildman–Crippen LogP) is 5.95. The van der Waals surface area contributed by atoms with Crippen molar-refractivity contribution in [3.63, 3.8) is 0 Å². The first kappa shape index (κ1) is 19.7. The minimum absolute atomic E-state index is 0.0263. The number of hydrogen-bond acceptors (Lipinski definition) is 4. The number of aromatic nitrogens is 3. The van der Waals surface area contributed by atoms with Crippen LogP contribution in [0.5, 0.6) is 0 Å². The monoisotopic (exact) mass is 519 g/mol. The van der Waals surface area contributed by atoms with E-state index in [2.05, 4.69) is 15.5 Å². The summed E-state index contributed by atoms with van der Waals surface area (Å²) in [7, 11) is 0. The van der Waals surface area contributed by atoms with E-state index in [4.69, 9.17) is 5.48 Å². The average Bonchev–Trinajstić information content (AvgIpc) is 3.49. The number of carbonyl (C=O) groups is 1. The quantitative estimate of drug-likeness (QED) is 0.468. The third kappa shape index (κ3) is 5.74. The second-order valence-electron chi connectivity index (χ2n) is 11.1. The molecule has 2 aliphatic heterocycles. The lowest BCUT2D eigenvalue weighted by Crippen LogP contribution is -2.45. The summed E-state index contributed by atoms with van der Waals surface area (Å²) in [5, 5.41) is 11.1. The van der Waals surface area contributed by atoms with E-state index >= 15 is 0 Å². The second-order valence-corrected chi connectivity index (χ2v) is 11.1. The summed E-state index contributed by atoms with van der Waals surface area (Å²) in [6.07, 6.45) is 1.98. The van der Waals surface area contributed by atoms with E-state index in [1.54, 1.807) is 18.4 Å². The number of carbonyl (C=O) groups excluding carboxylic acids is 1. The number of nitrogens with one attached hydrogen (secondary N) is 1. The fourth-order valence-corrected chi connectivity index (χ4v) is 6.32. The Bertz CT molecular complexity index is 1240. The molecule has 3 fully saturated rings. The van der Waals surface area contributed by atoms with Crippen LogP contribution in [0.4, 0.5) is 8.78 Å². The standard InChI is InChI=1S/C29H41F2N5O/c1-19(2)27-34-33-20(3)36(27)25-17-23-9-10-24(18-25)35(23)16-13-26(21-7-5-4-6-8-21)32-28(37)22-11-14-29(30,31)15-12-22/h4-8,19,22-26H,9-18H2,1-3H3,(H,32,37)/i3D3,16D2,19D. The predicted molar refractivity (Wildman–Crippen MR) is 139 cm³/mol. The molecule has 3 aliphatic rings. The van der Waals surface area contributed by atoms with Crippen molar-refractivity contribution in [3.05, 3.63) is 47.5 Å². The molecule has 37 heavy (non-hydrogen) atoms. The third-order valence-corrected chi connectivity index (χ3v) is 8.30. The molecule has 5 rings (SSSR count). The van der Waals surface area contributed by atoms with Gasteiger partial charge in [-0.2, -0.15) is 0 Å². The zero-order valence-corrected chi connectivity index (χ0v) is 21.6. The van der Waals surface area contributed by atoms with Crippen molar-refractivity contribution in [1.82, 2.24) is 25.0 Å². The van der Waals surface area contributed by atoms with Crippen LogP contribution in [0.2, 0.25) is 0 Å². The van der Waals surface area contributed by atoms with Gasteiger partial charge in [-0.3, -0.25) is 9.69 Å². The lowest BCUT2D eigenvalue weighted by Gasteiger charge is -2.40. The number of alkyl halides is 2. The molecule has 0 radical (unpaired) electrons. The highest BCUT2D eigenvalue weighted by Gasteiger charge is 2.42. The topological polar surface area (TPSA) is 63.1 Å². The first-order valence-electron chi connectivity index (χ1n) is 16.4. The van der Waals surface area contributed by atoms with Gasteiger partial charge in [0.15, 0.2) is 0 Å². The molecular weight excluding hydrogens is 472 g/mol. The van der Waals surface area contributed by atoms with Gasteiger partial charge in [0, 0.05) is 57.5 Å². The van der Waals surface area contributed by atoms with E-state index < -0.39 is 37.1 Å². The zero-order chi connectivity index (χ0) is 31.4. The van der Waals surface area contributed by atoms with Crippen LogP contribution < -0.4 is 5.32 Å². The molecule has 3 heterocycles. The van der Waals surface area contributed by atoms with Gasteiger partial charge in [0.2, 0.25) is 11.8 Å². The molecule has 0 spiro atoms. The van der Waals surface area contributed by atoms with Gasteiger partial charge in [0.25, 0.3) is 0 Å². The molecule has 1 N–H and O–H groups in total. The minimum Gasteiger partial charge on any atom is -0.349 e. The van der Waals surface area contributed by atoms with Crippen LogP contribution in [0.25, 0.3) is 0 Å². The Morgan fingerprint density at radius 1 is 1.14 bits per heavy atom. The first-order valence-corrected chi connectivity index (χ1v) is 13.4. The highest BCUT2D eigenvalue weighted by atomic mass is 19.3. The van der Waals surface area contributed by atoms with Crippen molar-refractivity contribution in [2.45, 2.75) is 114 Å². The van der Waals surface area contributed by atoms with E-state index in [1.165, 1.54) is 0 Å². The SMILES string of the molecule is [2H]C([2H])([2H])c1nnc(C([2H])(C)C)n1C1CC2CCC(C1)N2C([2H])([2H])CC(NC(=O)C1CCC(F)(F)CC1)c1ccccc1. The normalized spacial score (nSPS) is 30.3. The summed E-state index contributed by atoms with van der Waals surface area (Å²) < 4.78 is 80.2. The van der Waals surface area contributed by atoms with Crippen LogP contribution in [0, 0.1) is 12.8 Å². The number of benzene rings is 1. The fraction of sp³-hybridized carbons (Fsp3) is 0.690. The van der Waals surface area contributed by atoms with Crippen LogP contribution in [0.1, 0.15) is 115 Å². The largest absolute Gasteiger partial charge is 0.349 e. The molecule has 6 nitrogen and oxygen atoms in total. The molecule has 8 heteroatoms. The molecule has 2 bridgehead atoms. The molecule has 3 unspecified atom stereocenters. The summed E-state index contributed by atoms with van der Waals surface area (Å²) in [6.45, 7) is -1.02. The van der Waals surface area contributed by atoms with Crippen LogP contribution in [-0.2, 0) is 4.79 Å². The molecular formula is C29H41F2N5O. The number of aryl methyl sites for hydroxylation is 1. The smallest absolute Gasteiger partial charge is 0.248 e. The molecule has 2 aromatic rings. The molecule has 2 saturated heterocycles. The Morgan fingerprint density at radius 2 is 1.81 bits per heavy atom. The van der Waals surface area contributed by atoms with Crippen molar-refractivity contribution in [2.75, 3.05) is 6.50 Å². The van der Waals surface area contributed by atoms with Gasteiger partial charge in [-0.1, -0.05) is 44.2 Å². The molecule has 1 amide bonds. The van der Waals surface area contributed by atoms with E-state index in [9.17, 15) is 16.3 Å². The van der Waals surface area contributed by atoms with Crippen molar-refractivity contribution < 1.29 is 21.8 Å². The number of halogens is 2. The van der Waals surface area contributed by atoms with Gasteiger partial charge in [0.1, 0.15) is 11.6 Å². The third-order valence-electron chi connectivity index (χ3n) is 8.30. The van der Waals surface area contributed by atoms with Crippen molar-refractivity contribution in [1.29, 1.82) is 0 Å². The maximum atomic E-state index is 13.7. The van der Waals surface area contributed by atoms with Crippen molar-refractivity contribution in [2.24, 2.45) is 5.92 Å². The van der Waals surface area contributed by atoms with Gasteiger partial charge in [0.05, 0.1) is 6.04 Å². The van der Waals surface area contributed by atoms with Gasteiger partial charge < -0.3 is 9.88 Å². The number of rotatable bonds is 8. The highest BCUT2D eigenvalue weighted by molar-refractivity contribution is 5.79. The Hall–Kier alpha value is -2.35. The summed E-state index contributed by atoms with van der Waals surface area (Å²) in [4.78, 5) is 15.1. The maximum absolute atomic E-state index is 13.7. The number of fused-ring (bicyclic) bond motifs is 2. The Kier molecular flexibility index (Phi) is 5.74. The summed E-state index contributed by atoms with van der Waals surface area (Å²) in [5.74, 6) is -4.63. The Morgan fingerprint density at radius 3 is 2.43 bits per heavy atom. The summed E-state index contributed by atoms with van der Waals surface area (Å²) >= 11 is 0. The minimum atomic E-state index is -2.74. The molecule has 1 aliphatic carbocycles. The number of nitrogens with zero attached hydrogens (tertiary/aromatic N) is 4. The van der Waals surface area contributed by atoms with Crippen LogP contribution in [0.15, 0.2) is 30.3 Å². The van der Waals surface area contributed by atoms with Gasteiger partial charge in [-0.25, -0.2) is 8.78 Å². The van der Waals surface area contributed by atoms with E-state index in [1.807, 2.05) is 35.2 Å². The molecule has 1 aromatic heterocycles. The lowest BCUT2D eigenvalue weighted by molar-refractivity contribution is -0.130. The number of piperidine rings is 1. The van der Waals surface area contributed by atoms with Gasteiger partial charge in [-0.15, -0.1) is 10.2 Å². The molecule has 202 valence electrons. The average molecular weight is 520 g/mol. The number of hydrogen-bond donors (Lipinski definition) is 1. The van der Waals surface area contributed by atoms with Crippen molar-refractivity contribution >= 4 is 5.91 Å². The van der Waals surface area contributed by atoms with Crippen LogP contribution in [-0.4, -0.2) is 50.1 Å². The summed E-state index contributed by atoms with van der Waals surface area (Å²) in [5.41, 5.74) is 0.747. The summed E-state index contributed by atoms with van der Waals surface area (Å²) in [6, 6.07) is 7.87. The molecule has 3 atom stereocenters. The van der Waals surface area contributed by atoms with Crippen molar-refractivity contribution in [3.8, 4) is 0 Å². The first-order chi connectivity index (χ1) is 20.0.